The number of hydrogen-bond donors (Lipinski definition) is 0. The van der Waals surface area contributed by atoms with Crippen molar-refractivity contribution in [3.63, 3.8) is 0 Å². The summed E-state index contributed by atoms with van der Waals surface area (Å²) in [5.41, 5.74) is 0.303. The molecule has 0 aliphatic carbocycles. The third-order valence-corrected chi connectivity index (χ3v) is 4.60. The standard InChI is InChI=1S/C16H17Cl2N3O3/c1-10-9-13(19-24-10)20-5-7-21(8-6-20)16(22)14-11(17)3-4-12(18)15(14)23-2/h3-4,9H,5-8H2,1-2H3. The van der Waals surface area contributed by atoms with Crippen LogP contribution in [-0.2, 0) is 0 Å². The van der Waals surface area contributed by atoms with E-state index in [-0.39, 0.29) is 5.91 Å². The van der Waals surface area contributed by atoms with Crippen LogP contribution >= 0.6 is 23.2 Å². The van der Waals surface area contributed by atoms with Gasteiger partial charge in [0, 0.05) is 32.2 Å². The highest BCUT2D eigenvalue weighted by Gasteiger charge is 2.28. The van der Waals surface area contributed by atoms with E-state index < -0.39 is 0 Å². The number of halogens is 2. The Labute approximate surface area is 149 Å². The molecule has 0 atom stereocenters. The predicted molar refractivity (Wildman–Crippen MR) is 92.4 cm³/mol. The molecule has 2 heterocycles. The highest BCUT2D eigenvalue weighted by atomic mass is 35.5. The number of amides is 1. The van der Waals surface area contributed by atoms with Gasteiger partial charge in [-0.05, 0) is 19.1 Å². The van der Waals surface area contributed by atoms with Crippen molar-refractivity contribution in [2.24, 2.45) is 0 Å². The third kappa shape index (κ3) is 3.16. The second-order valence-electron chi connectivity index (χ2n) is 5.51. The Balaban J connectivity index is 1.75. The van der Waals surface area contributed by atoms with Crippen LogP contribution in [0.5, 0.6) is 5.75 Å². The molecule has 24 heavy (non-hydrogen) atoms. The number of carbonyl (C=O) groups excluding carboxylic acids is 1. The van der Waals surface area contributed by atoms with Gasteiger partial charge in [-0.25, -0.2) is 0 Å². The molecule has 0 radical (unpaired) electrons. The summed E-state index contributed by atoms with van der Waals surface area (Å²) in [6.07, 6.45) is 0. The first-order valence-corrected chi connectivity index (χ1v) is 8.26. The number of aromatic nitrogens is 1. The fraction of sp³-hybridized carbons (Fsp3) is 0.375. The summed E-state index contributed by atoms with van der Waals surface area (Å²) in [6, 6.07) is 5.10. The molecule has 1 aromatic heterocycles. The molecule has 3 rings (SSSR count). The second-order valence-corrected chi connectivity index (χ2v) is 6.33. The molecule has 1 aromatic carbocycles. The molecule has 8 heteroatoms. The lowest BCUT2D eigenvalue weighted by molar-refractivity contribution is 0.0743. The minimum atomic E-state index is -0.185. The molecule has 1 fully saturated rings. The first kappa shape index (κ1) is 16.9. The maximum absolute atomic E-state index is 12.8. The maximum Gasteiger partial charge on any atom is 0.259 e. The Morgan fingerprint density at radius 2 is 1.88 bits per heavy atom. The van der Waals surface area contributed by atoms with Crippen LogP contribution in [0.4, 0.5) is 5.82 Å². The van der Waals surface area contributed by atoms with Gasteiger partial charge in [0.1, 0.15) is 11.3 Å². The Hall–Kier alpha value is -1.92. The minimum absolute atomic E-state index is 0.185. The van der Waals surface area contributed by atoms with Crippen LogP contribution in [0.25, 0.3) is 0 Å². The lowest BCUT2D eigenvalue weighted by Gasteiger charge is -2.35. The van der Waals surface area contributed by atoms with Crippen molar-refractivity contribution >= 4 is 34.9 Å². The van der Waals surface area contributed by atoms with E-state index in [1.165, 1.54) is 7.11 Å². The van der Waals surface area contributed by atoms with Gasteiger partial charge in [-0.1, -0.05) is 28.4 Å². The van der Waals surface area contributed by atoms with E-state index >= 15 is 0 Å². The summed E-state index contributed by atoms with van der Waals surface area (Å²) in [4.78, 5) is 16.7. The number of piperazine rings is 1. The third-order valence-electron chi connectivity index (χ3n) is 3.98. The van der Waals surface area contributed by atoms with Crippen molar-refractivity contribution in [2.45, 2.75) is 6.92 Å². The summed E-state index contributed by atoms with van der Waals surface area (Å²) >= 11 is 12.3. The molecule has 128 valence electrons. The van der Waals surface area contributed by atoms with Crippen molar-refractivity contribution in [3.8, 4) is 5.75 Å². The Morgan fingerprint density at radius 1 is 1.21 bits per heavy atom. The molecular formula is C16H17Cl2N3O3. The van der Waals surface area contributed by atoms with Crippen LogP contribution in [0, 0.1) is 6.92 Å². The molecule has 1 aliphatic rings. The van der Waals surface area contributed by atoms with Gasteiger partial charge in [-0.3, -0.25) is 4.79 Å². The Morgan fingerprint density at radius 3 is 2.46 bits per heavy atom. The second kappa shape index (κ2) is 6.91. The van der Waals surface area contributed by atoms with E-state index in [4.69, 9.17) is 32.5 Å². The van der Waals surface area contributed by atoms with Gasteiger partial charge in [0.15, 0.2) is 11.6 Å². The number of nitrogens with zero attached hydrogens (tertiary/aromatic N) is 3. The van der Waals surface area contributed by atoms with E-state index in [1.54, 1.807) is 17.0 Å². The van der Waals surface area contributed by atoms with Crippen LogP contribution in [0.3, 0.4) is 0 Å². The molecule has 0 bridgehead atoms. The number of anilines is 1. The van der Waals surface area contributed by atoms with E-state index in [0.717, 1.165) is 11.6 Å². The first-order chi connectivity index (χ1) is 11.5. The minimum Gasteiger partial charge on any atom is -0.494 e. The molecule has 0 saturated carbocycles. The largest absolute Gasteiger partial charge is 0.494 e. The van der Waals surface area contributed by atoms with Gasteiger partial charge >= 0.3 is 0 Å². The zero-order chi connectivity index (χ0) is 17.3. The smallest absolute Gasteiger partial charge is 0.259 e. The van der Waals surface area contributed by atoms with Crippen LogP contribution in [-0.4, -0.2) is 49.3 Å². The van der Waals surface area contributed by atoms with Crippen LogP contribution in [0.2, 0.25) is 10.0 Å². The number of hydrogen-bond acceptors (Lipinski definition) is 5. The van der Waals surface area contributed by atoms with Crippen LogP contribution in [0.1, 0.15) is 16.1 Å². The van der Waals surface area contributed by atoms with Gasteiger partial charge in [0.05, 0.1) is 17.2 Å². The summed E-state index contributed by atoms with van der Waals surface area (Å²) in [5.74, 6) is 1.68. The lowest BCUT2D eigenvalue weighted by Crippen LogP contribution is -2.49. The van der Waals surface area contributed by atoms with E-state index in [2.05, 4.69) is 10.1 Å². The Kier molecular flexibility index (Phi) is 4.87. The van der Waals surface area contributed by atoms with Gasteiger partial charge < -0.3 is 19.1 Å². The van der Waals surface area contributed by atoms with Gasteiger partial charge in [-0.15, -0.1) is 0 Å². The molecule has 6 nitrogen and oxygen atoms in total. The highest BCUT2D eigenvalue weighted by Crippen LogP contribution is 2.35. The predicted octanol–water partition coefficient (Wildman–Crippen LogP) is 3.26. The number of benzene rings is 1. The number of methoxy groups -OCH3 is 1. The highest BCUT2D eigenvalue weighted by molar-refractivity contribution is 6.37. The summed E-state index contributed by atoms with van der Waals surface area (Å²) < 4.78 is 10.4. The zero-order valence-corrected chi connectivity index (χ0v) is 14.9. The van der Waals surface area contributed by atoms with Crippen molar-refractivity contribution in [3.05, 3.63) is 39.6 Å². The topological polar surface area (TPSA) is 58.8 Å². The van der Waals surface area contributed by atoms with Crippen LogP contribution in [0.15, 0.2) is 22.7 Å². The lowest BCUT2D eigenvalue weighted by atomic mass is 10.1. The zero-order valence-electron chi connectivity index (χ0n) is 13.4. The van der Waals surface area contributed by atoms with Gasteiger partial charge in [0.2, 0.25) is 0 Å². The summed E-state index contributed by atoms with van der Waals surface area (Å²) in [5, 5.41) is 4.70. The fourth-order valence-corrected chi connectivity index (χ4v) is 3.20. The molecule has 0 unspecified atom stereocenters. The van der Waals surface area contributed by atoms with E-state index in [9.17, 15) is 4.79 Å². The number of ether oxygens (including phenoxy) is 1. The molecule has 2 aromatic rings. The van der Waals surface area contributed by atoms with Crippen molar-refractivity contribution in [2.75, 3.05) is 38.2 Å². The maximum atomic E-state index is 12.8. The molecular weight excluding hydrogens is 353 g/mol. The number of rotatable bonds is 3. The monoisotopic (exact) mass is 369 g/mol. The SMILES string of the molecule is COc1c(Cl)ccc(Cl)c1C(=O)N1CCN(c2cc(C)on2)CC1. The normalized spacial score (nSPS) is 14.8. The van der Waals surface area contributed by atoms with Crippen molar-refractivity contribution in [1.82, 2.24) is 10.1 Å². The van der Waals surface area contributed by atoms with Crippen molar-refractivity contribution < 1.29 is 14.1 Å². The van der Waals surface area contributed by atoms with Crippen molar-refractivity contribution in [1.29, 1.82) is 0 Å². The average Bonchev–Trinajstić information content (AvgIpc) is 3.02. The Bertz CT molecular complexity index is 755. The van der Waals surface area contributed by atoms with Gasteiger partial charge in [-0.2, -0.15) is 0 Å². The van der Waals surface area contributed by atoms with Crippen LogP contribution < -0.4 is 9.64 Å². The first-order valence-electron chi connectivity index (χ1n) is 7.50. The number of carbonyl (C=O) groups is 1. The van der Waals surface area contributed by atoms with Gasteiger partial charge in [0.25, 0.3) is 5.91 Å². The quantitative estimate of drug-likeness (QED) is 0.830. The average molecular weight is 370 g/mol. The van der Waals surface area contributed by atoms with E-state index in [1.807, 2.05) is 13.0 Å². The summed E-state index contributed by atoms with van der Waals surface area (Å²) in [6.45, 7) is 4.29. The molecule has 1 saturated heterocycles. The number of aryl methyl sites for hydroxylation is 1. The van der Waals surface area contributed by atoms with E-state index in [0.29, 0.717) is 47.5 Å². The molecule has 1 amide bonds. The summed E-state index contributed by atoms with van der Waals surface area (Å²) in [7, 11) is 1.47. The molecule has 1 aliphatic heterocycles. The fourth-order valence-electron chi connectivity index (χ4n) is 2.73. The molecule has 0 N–H and O–H groups in total. The molecule has 0 spiro atoms.